The zero-order valence-corrected chi connectivity index (χ0v) is 21.0. The van der Waals surface area contributed by atoms with Crippen molar-refractivity contribution in [1.29, 1.82) is 0 Å². The predicted molar refractivity (Wildman–Crippen MR) is 144 cm³/mol. The topological polar surface area (TPSA) is 40.5 Å². The van der Waals surface area contributed by atoms with Crippen LogP contribution in [0.3, 0.4) is 0 Å². The molecule has 36 heavy (non-hydrogen) atoms. The Labute approximate surface area is 214 Å². The highest BCUT2D eigenvalue weighted by Crippen LogP contribution is 2.60. The molecular weight excluding hydrogens is 440 g/mol. The van der Waals surface area contributed by atoms with Crippen LogP contribution in [0.25, 0.3) is 0 Å². The minimum absolute atomic E-state index is 0.217. The lowest BCUT2D eigenvalue weighted by Gasteiger charge is -2.55. The summed E-state index contributed by atoms with van der Waals surface area (Å²) in [5.74, 6) is -0.451. The highest BCUT2D eigenvalue weighted by atomic mass is 16.3. The van der Waals surface area contributed by atoms with E-state index in [0.29, 0.717) is 0 Å². The van der Waals surface area contributed by atoms with Crippen molar-refractivity contribution in [2.45, 2.75) is 75.4 Å². The van der Waals surface area contributed by atoms with Gasteiger partial charge < -0.3 is 10.2 Å². The SMILES string of the molecule is OC1(C2=C3CCCCC3=CCC2)c2ccccc2C(O)(c2cccc3c2CCCC3)C2C=CC=CC21. The van der Waals surface area contributed by atoms with Gasteiger partial charge in [-0.15, -0.1) is 0 Å². The van der Waals surface area contributed by atoms with Crippen LogP contribution in [0.1, 0.15) is 79.2 Å². The molecule has 2 nitrogen and oxygen atoms in total. The van der Waals surface area contributed by atoms with E-state index in [2.05, 4.69) is 60.7 Å². The fraction of sp³-hybridized carbons (Fsp3) is 0.412. The molecule has 2 N–H and O–H groups in total. The molecule has 4 unspecified atom stereocenters. The Morgan fingerprint density at radius 1 is 0.639 bits per heavy atom. The lowest BCUT2D eigenvalue weighted by Crippen LogP contribution is -2.55. The number of fused-ring (bicyclic) bond motifs is 4. The van der Waals surface area contributed by atoms with Crippen molar-refractivity contribution in [3.63, 3.8) is 0 Å². The van der Waals surface area contributed by atoms with Gasteiger partial charge in [0, 0.05) is 11.8 Å². The van der Waals surface area contributed by atoms with Gasteiger partial charge in [-0.2, -0.15) is 0 Å². The van der Waals surface area contributed by atoms with Gasteiger partial charge in [-0.25, -0.2) is 0 Å². The van der Waals surface area contributed by atoms with Crippen molar-refractivity contribution in [3.05, 3.63) is 117 Å². The molecule has 0 heterocycles. The summed E-state index contributed by atoms with van der Waals surface area (Å²) in [6, 6.07) is 14.8. The summed E-state index contributed by atoms with van der Waals surface area (Å²) in [7, 11) is 0. The van der Waals surface area contributed by atoms with E-state index in [-0.39, 0.29) is 11.8 Å². The van der Waals surface area contributed by atoms with Crippen LogP contribution in [0.5, 0.6) is 0 Å². The summed E-state index contributed by atoms with van der Waals surface area (Å²) < 4.78 is 0. The largest absolute Gasteiger partial charge is 0.380 e. The van der Waals surface area contributed by atoms with Crippen LogP contribution in [0, 0.1) is 11.8 Å². The van der Waals surface area contributed by atoms with Gasteiger partial charge in [0.15, 0.2) is 0 Å². The number of hydrogen-bond donors (Lipinski definition) is 2. The van der Waals surface area contributed by atoms with E-state index in [1.807, 2.05) is 12.1 Å². The first kappa shape index (κ1) is 22.5. The number of allylic oxidation sites excluding steroid dienone is 5. The Balaban J connectivity index is 1.51. The summed E-state index contributed by atoms with van der Waals surface area (Å²) in [4.78, 5) is 0. The summed E-state index contributed by atoms with van der Waals surface area (Å²) in [5.41, 5.74) is 7.30. The van der Waals surface area contributed by atoms with E-state index in [1.54, 1.807) is 0 Å². The smallest absolute Gasteiger partial charge is 0.122 e. The minimum Gasteiger partial charge on any atom is -0.380 e. The van der Waals surface area contributed by atoms with E-state index >= 15 is 0 Å². The molecule has 7 rings (SSSR count). The van der Waals surface area contributed by atoms with Gasteiger partial charge in [0.2, 0.25) is 0 Å². The number of aliphatic hydroxyl groups is 2. The lowest BCUT2D eigenvalue weighted by atomic mass is 9.53. The van der Waals surface area contributed by atoms with Crippen molar-refractivity contribution in [3.8, 4) is 0 Å². The average Bonchev–Trinajstić information content (AvgIpc) is 2.95. The third kappa shape index (κ3) is 3.04. The van der Waals surface area contributed by atoms with Gasteiger partial charge in [0.05, 0.1) is 0 Å². The van der Waals surface area contributed by atoms with E-state index < -0.39 is 11.2 Å². The molecule has 0 bridgehead atoms. The van der Waals surface area contributed by atoms with Crippen molar-refractivity contribution in [2.24, 2.45) is 11.8 Å². The van der Waals surface area contributed by atoms with E-state index in [4.69, 9.17) is 0 Å². The van der Waals surface area contributed by atoms with Gasteiger partial charge in [-0.05, 0) is 109 Å². The Morgan fingerprint density at radius 2 is 1.31 bits per heavy atom. The van der Waals surface area contributed by atoms with Crippen LogP contribution >= 0.6 is 0 Å². The molecule has 1 saturated carbocycles. The number of aryl methyl sites for hydroxylation is 1. The molecule has 0 aromatic heterocycles. The summed E-state index contributed by atoms with van der Waals surface area (Å²) in [6.07, 6.45) is 21.9. The van der Waals surface area contributed by atoms with Crippen LogP contribution in [0.4, 0.5) is 0 Å². The Kier molecular flexibility index (Phi) is 5.27. The Morgan fingerprint density at radius 3 is 2.14 bits per heavy atom. The van der Waals surface area contributed by atoms with E-state index in [1.165, 1.54) is 53.5 Å². The molecule has 2 heteroatoms. The van der Waals surface area contributed by atoms with Gasteiger partial charge in [0.25, 0.3) is 0 Å². The molecule has 1 fully saturated rings. The van der Waals surface area contributed by atoms with Gasteiger partial charge >= 0.3 is 0 Å². The summed E-state index contributed by atoms with van der Waals surface area (Å²) >= 11 is 0. The monoisotopic (exact) mass is 476 g/mol. The zero-order chi connectivity index (χ0) is 24.3. The molecule has 0 spiro atoms. The second kappa shape index (κ2) is 8.43. The van der Waals surface area contributed by atoms with Crippen LogP contribution in [-0.4, -0.2) is 10.2 Å². The average molecular weight is 477 g/mol. The standard InChI is InChI=1S/C34H36O2/c35-33(27-21-9-13-23-11-1-3-15-25(23)27)29-17-5-7-19-31(29)34(36,32-20-8-6-18-30(32)33)28-22-10-14-24-12-2-4-16-26(24)28/h5-9,13-14,17-21,29,31,35-36H,1-4,10-12,15-16,22H2. The lowest BCUT2D eigenvalue weighted by molar-refractivity contribution is -0.0760. The quantitative estimate of drug-likeness (QED) is 0.492. The number of benzene rings is 2. The summed E-state index contributed by atoms with van der Waals surface area (Å²) in [6.45, 7) is 0. The first-order valence-corrected chi connectivity index (χ1v) is 14.1. The van der Waals surface area contributed by atoms with Crippen LogP contribution in [0.2, 0.25) is 0 Å². The number of hydrogen-bond acceptors (Lipinski definition) is 2. The van der Waals surface area contributed by atoms with Crippen LogP contribution in [0.15, 0.2) is 89.6 Å². The first-order chi connectivity index (χ1) is 17.6. The Hall–Kier alpha value is -2.68. The van der Waals surface area contributed by atoms with E-state index in [9.17, 15) is 10.2 Å². The van der Waals surface area contributed by atoms with Crippen molar-refractivity contribution in [2.75, 3.05) is 0 Å². The zero-order valence-electron chi connectivity index (χ0n) is 21.0. The molecule has 0 saturated heterocycles. The van der Waals surface area contributed by atoms with E-state index in [0.717, 1.165) is 55.2 Å². The number of rotatable bonds is 2. The second-order valence-corrected chi connectivity index (χ2v) is 11.5. The summed E-state index contributed by atoms with van der Waals surface area (Å²) in [5, 5.41) is 26.0. The maximum Gasteiger partial charge on any atom is 0.122 e. The molecule has 0 radical (unpaired) electrons. The maximum atomic E-state index is 13.0. The molecule has 5 aliphatic carbocycles. The third-order valence-corrected chi connectivity index (χ3v) is 9.77. The predicted octanol–water partition coefficient (Wildman–Crippen LogP) is 6.95. The molecule has 184 valence electrons. The minimum atomic E-state index is -1.18. The molecular formula is C34H36O2. The molecule has 2 aromatic rings. The molecule has 2 aromatic carbocycles. The van der Waals surface area contributed by atoms with Crippen LogP contribution in [-0.2, 0) is 24.0 Å². The second-order valence-electron chi connectivity index (χ2n) is 11.5. The van der Waals surface area contributed by atoms with Gasteiger partial charge in [-0.1, -0.05) is 72.8 Å². The molecule has 0 aliphatic heterocycles. The van der Waals surface area contributed by atoms with Crippen LogP contribution < -0.4 is 0 Å². The van der Waals surface area contributed by atoms with Gasteiger partial charge in [-0.3, -0.25) is 0 Å². The first-order valence-electron chi connectivity index (χ1n) is 14.1. The Bertz CT molecular complexity index is 1340. The molecule has 5 aliphatic rings. The fourth-order valence-corrected chi connectivity index (χ4v) is 8.20. The third-order valence-electron chi connectivity index (χ3n) is 9.77. The van der Waals surface area contributed by atoms with Crippen molar-refractivity contribution < 1.29 is 10.2 Å². The highest BCUT2D eigenvalue weighted by molar-refractivity contribution is 5.58. The van der Waals surface area contributed by atoms with Gasteiger partial charge in [0.1, 0.15) is 11.2 Å². The molecule has 4 atom stereocenters. The van der Waals surface area contributed by atoms with Crippen molar-refractivity contribution >= 4 is 0 Å². The normalized spacial score (nSPS) is 32.8. The fourth-order valence-electron chi connectivity index (χ4n) is 8.20. The highest BCUT2D eigenvalue weighted by Gasteiger charge is 2.59. The maximum absolute atomic E-state index is 13.0. The molecule has 0 amide bonds. The van der Waals surface area contributed by atoms with Crippen molar-refractivity contribution in [1.82, 2.24) is 0 Å².